The topological polar surface area (TPSA) is 87.7 Å². The van der Waals surface area contributed by atoms with Crippen LogP contribution in [0.5, 0.6) is 5.75 Å². The van der Waals surface area contributed by atoms with Crippen LogP contribution in [-0.2, 0) is 23.2 Å². The van der Waals surface area contributed by atoms with Crippen molar-refractivity contribution in [1.82, 2.24) is 9.62 Å². The van der Waals surface area contributed by atoms with Crippen molar-refractivity contribution >= 4 is 34.1 Å². The number of carbonyl (C=O) groups is 1. The van der Waals surface area contributed by atoms with Crippen molar-refractivity contribution in [3.05, 3.63) is 59.2 Å². The third-order valence-corrected chi connectivity index (χ3v) is 6.29. The number of ketones is 1. The van der Waals surface area contributed by atoms with Crippen LogP contribution in [0.2, 0.25) is 0 Å². The normalized spacial score (nSPS) is 14.3. The third kappa shape index (κ3) is 7.21. The highest BCUT2D eigenvalue weighted by Gasteiger charge is 2.20. The zero-order valence-corrected chi connectivity index (χ0v) is 19.5. The maximum absolute atomic E-state index is 12.5. The van der Waals surface area contributed by atoms with Crippen molar-refractivity contribution in [2.24, 2.45) is 0 Å². The molecular formula is C22H30ClN3O4S. The molecule has 2 N–H and O–H groups in total. The molecule has 0 fully saturated rings. The van der Waals surface area contributed by atoms with E-state index in [1.807, 2.05) is 18.2 Å². The summed E-state index contributed by atoms with van der Waals surface area (Å²) in [5.41, 5.74) is 3.14. The Hall–Kier alpha value is -2.13. The number of carbonyl (C=O) groups excluding carboxylic acids is 1. The number of hydrogen-bond acceptors (Lipinski definition) is 5. The number of rotatable bonds is 10. The number of hydrogen-bond donors (Lipinski definition) is 2. The molecule has 2 aromatic rings. The van der Waals surface area contributed by atoms with Crippen molar-refractivity contribution in [3.63, 3.8) is 0 Å². The van der Waals surface area contributed by atoms with E-state index in [-0.39, 0.29) is 24.7 Å². The first-order valence-electron chi connectivity index (χ1n) is 10.1. The number of methoxy groups -OCH3 is 1. The molecule has 1 heterocycles. The molecule has 0 unspecified atom stereocenters. The predicted octanol–water partition coefficient (Wildman–Crippen LogP) is 3.40. The molecule has 0 amide bonds. The van der Waals surface area contributed by atoms with Crippen LogP contribution in [0.15, 0.2) is 42.5 Å². The second kappa shape index (κ2) is 11.5. The lowest BCUT2D eigenvalue weighted by Crippen LogP contribution is -2.34. The fourth-order valence-corrected chi connectivity index (χ4v) is 4.42. The van der Waals surface area contributed by atoms with E-state index >= 15 is 0 Å². The lowest BCUT2D eigenvalue weighted by Gasteiger charge is -2.19. The van der Waals surface area contributed by atoms with Crippen molar-refractivity contribution in [2.75, 3.05) is 32.0 Å². The number of anilines is 1. The monoisotopic (exact) mass is 467 g/mol. The summed E-state index contributed by atoms with van der Waals surface area (Å²) in [4.78, 5) is 14.8. The quantitative estimate of drug-likeness (QED) is 0.413. The van der Waals surface area contributed by atoms with Crippen LogP contribution in [0.1, 0.15) is 40.7 Å². The van der Waals surface area contributed by atoms with Gasteiger partial charge in [-0.3, -0.25) is 9.52 Å². The molecule has 0 aromatic heterocycles. The summed E-state index contributed by atoms with van der Waals surface area (Å²) in [5.74, 6) is 1.01. The highest BCUT2D eigenvalue weighted by Crippen LogP contribution is 2.23. The summed E-state index contributed by atoms with van der Waals surface area (Å²) in [6, 6.07) is 13.2. The first-order chi connectivity index (χ1) is 14.4. The Morgan fingerprint density at radius 3 is 2.68 bits per heavy atom. The average molecular weight is 468 g/mol. The lowest BCUT2D eigenvalue weighted by atomic mass is 10.0. The molecule has 0 bridgehead atoms. The summed E-state index contributed by atoms with van der Waals surface area (Å²) >= 11 is 0. The summed E-state index contributed by atoms with van der Waals surface area (Å²) < 4.78 is 33.3. The van der Waals surface area contributed by atoms with Crippen LogP contribution < -0.4 is 14.2 Å². The summed E-state index contributed by atoms with van der Waals surface area (Å²) in [6.45, 7) is 2.06. The molecule has 7 nitrogen and oxygen atoms in total. The number of unbranched alkanes of at least 4 members (excludes halogenated alkanes) is 1. The fourth-order valence-electron chi connectivity index (χ4n) is 3.51. The zero-order chi connectivity index (χ0) is 21.6. The molecule has 3 rings (SSSR count). The molecular weight excluding hydrogens is 438 g/mol. The van der Waals surface area contributed by atoms with Crippen LogP contribution >= 0.6 is 12.4 Å². The molecule has 0 saturated carbocycles. The molecule has 0 radical (unpaired) electrons. The summed E-state index contributed by atoms with van der Waals surface area (Å²) in [5, 5.41) is 0. The van der Waals surface area contributed by atoms with Gasteiger partial charge in [0.2, 0.25) is 0 Å². The van der Waals surface area contributed by atoms with E-state index in [1.54, 1.807) is 25.3 Å². The predicted molar refractivity (Wildman–Crippen MR) is 125 cm³/mol. The Labute approximate surface area is 190 Å². The van der Waals surface area contributed by atoms with Crippen molar-refractivity contribution in [3.8, 4) is 5.75 Å². The molecule has 0 atom stereocenters. The lowest BCUT2D eigenvalue weighted by molar-refractivity contribution is 0.0978. The molecule has 170 valence electrons. The first kappa shape index (κ1) is 25.1. The number of nitrogens with one attached hydrogen (secondary N) is 2. The largest absolute Gasteiger partial charge is 0.496 e. The van der Waals surface area contributed by atoms with Crippen molar-refractivity contribution < 1.29 is 17.9 Å². The number of likely N-dealkylation sites (N-methyl/N-ethyl adjacent to an activating group) is 1. The number of fused-ring (bicyclic) bond motifs is 1. The number of Topliss-reactive ketones (excluding diaryl/α,β-unsaturated/α-hetero) is 1. The Morgan fingerprint density at radius 1 is 1.13 bits per heavy atom. The minimum Gasteiger partial charge on any atom is -0.496 e. The van der Waals surface area contributed by atoms with Gasteiger partial charge in [0, 0.05) is 25.1 Å². The number of benzene rings is 2. The molecule has 2 aromatic carbocycles. The smallest absolute Gasteiger partial charge is 0.299 e. The van der Waals surface area contributed by atoms with Gasteiger partial charge in [0.1, 0.15) is 5.75 Å². The maximum atomic E-state index is 12.5. The summed E-state index contributed by atoms with van der Waals surface area (Å²) in [6.07, 6.45) is 3.17. The number of ether oxygens (including phenoxy) is 1. The van der Waals surface area contributed by atoms with Crippen molar-refractivity contribution in [1.29, 1.82) is 0 Å². The van der Waals surface area contributed by atoms with E-state index in [0.29, 0.717) is 17.7 Å². The minimum atomic E-state index is -3.48. The van der Waals surface area contributed by atoms with E-state index in [4.69, 9.17) is 4.74 Å². The van der Waals surface area contributed by atoms with Crippen LogP contribution in [0.25, 0.3) is 0 Å². The van der Waals surface area contributed by atoms with Crippen LogP contribution in [0.3, 0.4) is 0 Å². The summed E-state index contributed by atoms with van der Waals surface area (Å²) in [7, 11) is 0.305. The van der Waals surface area contributed by atoms with E-state index in [9.17, 15) is 13.2 Å². The molecule has 0 aliphatic carbocycles. The Balaban J connectivity index is 0.00000341. The number of nitrogens with zero attached hydrogens (tertiary/aromatic N) is 1. The van der Waals surface area contributed by atoms with Gasteiger partial charge in [-0.2, -0.15) is 13.1 Å². The maximum Gasteiger partial charge on any atom is 0.299 e. The van der Waals surface area contributed by atoms with Gasteiger partial charge in [0.25, 0.3) is 10.2 Å². The second-order valence-corrected chi connectivity index (χ2v) is 9.04. The minimum absolute atomic E-state index is 0. The molecule has 31 heavy (non-hydrogen) atoms. The number of halogens is 1. The zero-order valence-electron chi connectivity index (χ0n) is 17.9. The van der Waals surface area contributed by atoms with Gasteiger partial charge < -0.3 is 9.64 Å². The van der Waals surface area contributed by atoms with E-state index < -0.39 is 10.2 Å². The molecule has 0 saturated heterocycles. The van der Waals surface area contributed by atoms with Gasteiger partial charge in [-0.25, -0.2) is 0 Å². The molecule has 0 spiro atoms. The highest BCUT2D eigenvalue weighted by molar-refractivity contribution is 7.90. The SMILES string of the molecule is COc1ccccc1CCN(C)CCCCC(=O)c1ccc2c(c1)CNS(=O)(=O)N2.Cl. The molecule has 1 aliphatic rings. The van der Waals surface area contributed by atoms with Crippen LogP contribution in [0.4, 0.5) is 5.69 Å². The van der Waals surface area contributed by atoms with Gasteiger partial charge in [-0.1, -0.05) is 18.2 Å². The van der Waals surface area contributed by atoms with Crippen LogP contribution in [-0.4, -0.2) is 46.3 Å². The molecule has 1 aliphatic heterocycles. The fraction of sp³-hybridized carbons (Fsp3) is 0.409. The van der Waals surface area contributed by atoms with Crippen molar-refractivity contribution in [2.45, 2.75) is 32.2 Å². The third-order valence-electron chi connectivity index (χ3n) is 5.27. The highest BCUT2D eigenvalue weighted by atomic mass is 35.5. The Kier molecular flexibility index (Phi) is 9.31. The van der Waals surface area contributed by atoms with Gasteiger partial charge in [-0.05, 0) is 68.2 Å². The van der Waals surface area contributed by atoms with E-state index in [2.05, 4.69) is 27.5 Å². The second-order valence-electron chi connectivity index (χ2n) is 7.54. The van der Waals surface area contributed by atoms with Crippen LogP contribution in [0, 0.1) is 0 Å². The van der Waals surface area contributed by atoms with Gasteiger partial charge in [-0.15, -0.1) is 12.4 Å². The molecule has 9 heteroatoms. The van der Waals surface area contributed by atoms with E-state index in [0.717, 1.165) is 43.7 Å². The van der Waals surface area contributed by atoms with Gasteiger partial charge in [0.05, 0.1) is 12.8 Å². The standard InChI is InChI=1S/C22H29N3O4S.ClH/c1-25(14-12-17-7-3-4-9-22(17)29-2)13-6-5-8-21(26)18-10-11-20-19(15-18)16-23-30(27,28)24-20;/h3-4,7,9-11,15,23-24H,5-6,8,12-14,16H2,1-2H3;1H. The van der Waals surface area contributed by atoms with E-state index in [1.165, 1.54) is 5.56 Å². The Bertz CT molecular complexity index is 998. The Morgan fingerprint density at radius 2 is 1.90 bits per heavy atom. The average Bonchev–Trinajstić information content (AvgIpc) is 2.74. The first-order valence-corrected chi connectivity index (χ1v) is 11.6. The van der Waals surface area contributed by atoms with Gasteiger partial charge >= 0.3 is 0 Å². The van der Waals surface area contributed by atoms with Gasteiger partial charge in [0.15, 0.2) is 5.78 Å². The number of para-hydroxylation sites is 1.